The average Bonchev–Trinajstić information content (AvgIpc) is 2.40. The maximum absolute atomic E-state index is 12.5. The molecular formula is C13H14BrF3N2O. The van der Waals surface area contributed by atoms with Crippen LogP contribution in [0.2, 0.25) is 0 Å². The smallest absolute Gasteiger partial charge is 0.324 e. The fourth-order valence-electron chi connectivity index (χ4n) is 2.38. The predicted molar refractivity (Wildman–Crippen MR) is 72.1 cm³/mol. The van der Waals surface area contributed by atoms with Crippen LogP contribution in [0.1, 0.15) is 25.7 Å². The molecule has 1 amide bonds. The average molecular weight is 351 g/mol. The Kier molecular flexibility index (Phi) is 4.67. The van der Waals surface area contributed by atoms with Crippen molar-refractivity contribution in [2.45, 2.75) is 31.9 Å². The summed E-state index contributed by atoms with van der Waals surface area (Å²) in [6.07, 6.45) is -2.03. The number of carbonyl (C=O) groups excluding carboxylic acids is 1. The molecule has 7 heteroatoms. The third-order valence-electron chi connectivity index (χ3n) is 3.56. The number of amides is 1. The fraction of sp³-hybridized carbons (Fsp3) is 0.538. The fourth-order valence-corrected chi connectivity index (χ4v) is 2.61. The number of pyridine rings is 1. The minimum atomic E-state index is -4.14. The highest BCUT2D eigenvalue weighted by atomic mass is 79.9. The lowest BCUT2D eigenvalue weighted by atomic mass is 9.81. The molecule has 2 rings (SSSR count). The summed E-state index contributed by atoms with van der Waals surface area (Å²) in [6.45, 7) is 0. The second-order valence-corrected chi connectivity index (χ2v) is 5.76. The lowest BCUT2D eigenvalue weighted by molar-refractivity contribution is -0.184. The molecule has 3 nitrogen and oxygen atoms in total. The van der Waals surface area contributed by atoms with Crippen molar-refractivity contribution in [3.05, 3.63) is 22.9 Å². The molecular weight excluding hydrogens is 337 g/mol. The Labute approximate surface area is 123 Å². The molecule has 0 spiro atoms. The van der Waals surface area contributed by atoms with E-state index in [4.69, 9.17) is 0 Å². The molecule has 20 heavy (non-hydrogen) atoms. The van der Waals surface area contributed by atoms with Gasteiger partial charge in [0.15, 0.2) is 0 Å². The van der Waals surface area contributed by atoms with E-state index in [1.54, 1.807) is 12.1 Å². The van der Waals surface area contributed by atoms with Crippen LogP contribution in [-0.4, -0.2) is 17.1 Å². The summed E-state index contributed by atoms with van der Waals surface area (Å²) >= 11 is 3.18. The Balaban J connectivity index is 1.87. The molecule has 110 valence electrons. The molecule has 1 aromatic rings. The molecule has 0 aliphatic heterocycles. The molecule has 1 N–H and O–H groups in total. The number of halogens is 4. The zero-order valence-corrected chi connectivity index (χ0v) is 12.2. The number of hydrogen-bond donors (Lipinski definition) is 1. The molecule has 1 fully saturated rings. The lowest BCUT2D eigenvalue weighted by Gasteiger charge is -2.29. The van der Waals surface area contributed by atoms with Gasteiger partial charge in [0, 0.05) is 5.92 Å². The summed E-state index contributed by atoms with van der Waals surface area (Å²) in [4.78, 5) is 16.0. The van der Waals surface area contributed by atoms with E-state index in [1.165, 1.54) is 6.20 Å². The highest BCUT2D eigenvalue weighted by molar-refractivity contribution is 9.10. The Hall–Kier alpha value is -1.11. The highest BCUT2D eigenvalue weighted by Gasteiger charge is 2.42. The lowest BCUT2D eigenvalue weighted by Crippen LogP contribution is -2.32. The van der Waals surface area contributed by atoms with E-state index in [9.17, 15) is 18.0 Å². The van der Waals surface area contributed by atoms with E-state index < -0.39 is 12.1 Å². The first-order chi connectivity index (χ1) is 9.36. The Morgan fingerprint density at radius 1 is 1.25 bits per heavy atom. The number of hydrogen-bond acceptors (Lipinski definition) is 2. The molecule has 0 unspecified atom stereocenters. The minimum Gasteiger partial charge on any atom is -0.324 e. The van der Waals surface area contributed by atoms with Crippen LogP contribution in [0.25, 0.3) is 0 Å². The maximum Gasteiger partial charge on any atom is 0.391 e. The molecule has 0 saturated heterocycles. The SMILES string of the molecule is O=C(Nc1ccc(Br)nc1)C1CCC(C(F)(F)F)CC1. The number of alkyl halides is 3. The number of aromatic nitrogens is 1. The van der Waals surface area contributed by atoms with Crippen LogP contribution in [0.3, 0.4) is 0 Å². The van der Waals surface area contributed by atoms with Gasteiger partial charge in [-0.1, -0.05) is 0 Å². The third-order valence-corrected chi connectivity index (χ3v) is 4.02. The largest absolute Gasteiger partial charge is 0.391 e. The molecule has 0 radical (unpaired) electrons. The monoisotopic (exact) mass is 350 g/mol. The van der Waals surface area contributed by atoms with Crippen LogP contribution >= 0.6 is 15.9 Å². The second-order valence-electron chi connectivity index (χ2n) is 4.95. The molecule has 1 heterocycles. The van der Waals surface area contributed by atoms with Gasteiger partial charge in [-0.3, -0.25) is 4.79 Å². The first-order valence-corrected chi connectivity index (χ1v) is 7.14. The van der Waals surface area contributed by atoms with Crippen molar-refractivity contribution in [3.8, 4) is 0 Å². The maximum atomic E-state index is 12.5. The van der Waals surface area contributed by atoms with Crippen LogP contribution in [0.15, 0.2) is 22.9 Å². The van der Waals surface area contributed by atoms with Crippen LogP contribution in [-0.2, 0) is 4.79 Å². The molecule has 0 atom stereocenters. The number of nitrogens with one attached hydrogen (secondary N) is 1. The third kappa shape index (κ3) is 3.94. The summed E-state index contributed by atoms with van der Waals surface area (Å²) in [5, 5.41) is 2.69. The first-order valence-electron chi connectivity index (χ1n) is 6.35. The summed E-state index contributed by atoms with van der Waals surface area (Å²) in [7, 11) is 0. The van der Waals surface area contributed by atoms with Crippen LogP contribution in [0.5, 0.6) is 0 Å². The zero-order valence-electron chi connectivity index (χ0n) is 10.6. The van der Waals surface area contributed by atoms with Gasteiger partial charge in [0.25, 0.3) is 0 Å². The Morgan fingerprint density at radius 3 is 2.40 bits per heavy atom. The van der Waals surface area contributed by atoms with Crippen LogP contribution in [0, 0.1) is 11.8 Å². The van der Waals surface area contributed by atoms with Gasteiger partial charge in [-0.25, -0.2) is 4.98 Å². The minimum absolute atomic E-state index is 0.0280. The molecule has 0 bridgehead atoms. The van der Waals surface area contributed by atoms with Crippen molar-refractivity contribution < 1.29 is 18.0 Å². The van der Waals surface area contributed by atoms with Crippen molar-refractivity contribution in [2.75, 3.05) is 5.32 Å². The van der Waals surface area contributed by atoms with Gasteiger partial charge in [-0.05, 0) is 53.7 Å². The molecule has 1 aromatic heterocycles. The second kappa shape index (κ2) is 6.11. The summed E-state index contributed by atoms with van der Waals surface area (Å²) in [6, 6.07) is 3.38. The van der Waals surface area contributed by atoms with E-state index in [0.717, 1.165) is 0 Å². The van der Waals surface area contributed by atoms with Gasteiger partial charge in [-0.2, -0.15) is 13.2 Å². The van der Waals surface area contributed by atoms with Crippen molar-refractivity contribution in [1.29, 1.82) is 0 Å². The van der Waals surface area contributed by atoms with Gasteiger partial charge in [0.05, 0.1) is 17.8 Å². The summed E-state index contributed by atoms with van der Waals surface area (Å²) in [5.41, 5.74) is 0.552. The standard InChI is InChI=1S/C13H14BrF3N2O/c14-11-6-5-10(7-18-11)19-12(20)8-1-3-9(4-2-8)13(15,16)17/h5-9H,1-4H2,(H,19,20). The quantitative estimate of drug-likeness (QED) is 0.814. The van der Waals surface area contributed by atoms with Gasteiger partial charge >= 0.3 is 6.18 Å². The summed E-state index contributed by atoms with van der Waals surface area (Å²) < 4.78 is 38.3. The predicted octanol–water partition coefficient (Wildman–Crippen LogP) is 4.15. The zero-order chi connectivity index (χ0) is 14.8. The van der Waals surface area contributed by atoms with E-state index in [-0.39, 0.29) is 37.5 Å². The molecule has 1 aliphatic rings. The van der Waals surface area contributed by atoms with Crippen molar-refractivity contribution in [2.24, 2.45) is 11.8 Å². The van der Waals surface area contributed by atoms with E-state index in [1.807, 2.05) is 0 Å². The van der Waals surface area contributed by atoms with Gasteiger partial charge in [-0.15, -0.1) is 0 Å². The van der Waals surface area contributed by atoms with Gasteiger partial charge in [0.2, 0.25) is 5.91 Å². The van der Waals surface area contributed by atoms with Gasteiger partial charge in [0.1, 0.15) is 4.60 Å². The number of anilines is 1. The molecule has 0 aromatic carbocycles. The first kappa shape index (κ1) is 15.3. The number of nitrogens with zero attached hydrogens (tertiary/aromatic N) is 1. The van der Waals surface area contributed by atoms with Crippen LogP contribution in [0.4, 0.5) is 18.9 Å². The van der Waals surface area contributed by atoms with Crippen LogP contribution < -0.4 is 5.32 Å². The van der Waals surface area contributed by atoms with E-state index >= 15 is 0 Å². The number of rotatable bonds is 2. The normalized spacial score (nSPS) is 23.4. The van der Waals surface area contributed by atoms with E-state index in [2.05, 4.69) is 26.2 Å². The summed E-state index contributed by atoms with van der Waals surface area (Å²) in [5.74, 6) is -1.84. The van der Waals surface area contributed by atoms with E-state index in [0.29, 0.717) is 10.3 Å². The van der Waals surface area contributed by atoms with Crippen molar-refractivity contribution >= 4 is 27.5 Å². The number of carbonyl (C=O) groups is 1. The Morgan fingerprint density at radius 2 is 1.90 bits per heavy atom. The Bertz CT molecular complexity index is 467. The highest BCUT2D eigenvalue weighted by Crippen LogP contribution is 2.39. The molecule has 1 saturated carbocycles. The van der Waals surface area contributed by atoms with Crippen molar-refractivity contribution in [1.82, 2.24) is 4.98 Å². The van der Waals surface area contributed by atoms with Gasteiger partial charge < -0.3 is 5.32 Å². The topological polar surface area (TPSA) is 42.0 Å². The molecule has 1 aliphatic carbocycles. The van der Waals surface area contributed by atoms with Crippen molar-refractivity contribution in [3.63, 3.8) is 0 Å².